The minimum Gasteiger partial charge on any atom is -0.496 e. The lowest BCUT2D eigenvalue weighted by molar-refractivity contribution is -0.325. The molecule has 186 valence electrons. The molecule has 8 nitrogen and oxygen atoms in total. The molecule has 1 aromatic heterocycles. The summed E-state index contributed by atoms with van der Waals surface area (Å²) in [7, 11) is 0.439. The number of pyridine rings is 1. The highest BCUT2D eigenvalue weighted by atomic mass is 19.4. The van der Waals surface area contributed by atoms with E-state index in [1.54, 1.807) is 20.8 Å². The van der Waals surface area contributed by atoms with Gasteiger partial charge in [-0.25, -0.2) is 4.79 Å². The van der Waals surface area contributed by atoms with E-state index >= 15 is 0 Å². The summed E-state index contributed by atoms with van der Waals surface area (Å²) in [6.45, 7) is 11.4. The van der Waals surface area contributed by atoms with Gasteiger partial charge in [-0.1, -0.05) is 0 Å². The SMILES string of the molecule is COc1cn(C(CCOC(F)(F)F)C(=O)OC(C)(C)C)c(=O)cc1B1OC(C)(C)C(C)(C)O1. The highest BCUT2D eigenvalue weighted by Gasteiger charge is 2.52. The summed E-state index contributed by atoms with van der Waals surface area (Å²) in [5.74, 6) is -0.709. The number of methoxy groups -OCH3 is 1. The van der Waals surface area contributed by atoms with Crippen LogP contribution in [0.5, 0.6) is 5.75 Å². The van der Waals surface area contributed by atoms with Gasteiger partial charge < -0.3 is 18.8 Å². The number of nitrogens with zero attached hydrogens (tertiary/aromatic N) is 1. The second-order valence-electron chi connectivity index (χ2n) is 9.76. The van der Waals surface area contributed by atoms with E-state index in [1.807, 2.05) is 27.7 Å². The van der Waals surface area contributed by atoms with Gasteiger partial charge in [0.2, 0.25) is 0 Å². The van der Waals surface area contributed by atoms with E-state index in [2.05, 4.69) is 4.74 Å². The van der Waals surface area contributed by atoms with E-state index in [9.17, 15) is 22.8 Å². The van der Waals surface area contributed by atoms with Gasteiger partial charge in [-0.15, -0.1) is 13.2 Å². The Bertz CT molecular complexity index is 906. The molecule has 1 unspecified atom stereocenters. The van der Waals surface area contributed by atoms with Gasteiger partial charge in [0.1, 0.15) is 17.4 Å². The van der Waals surface area contributed by atoms with Crippen molar-refractivity contribution in [1.82, 2.24) is 4.57 Å². The highest BCUT2D eigenvalue weighted by molar-refractivity contribution is 6.63. The van der Waals surface area contributed by atoms with Gasteiger partial charge in [-0.2, -0.15) is 0 Å². The number of esters is 1. The monoisotopic (exact) mass is 477 g/mol. The Morgan fingerprint density at radius 2 is 1.70 bits per heavy atom. The quantitative estimate of drug-likeness (QED) is 0.441. The first kappa shape index (κ1) is 27.2. The van der Waals surface area contributed by atoms with Gasteiger partial charge in [-0.3, -0.25) is 14.1 Å². The predicted molar refractivity (Wildman–Crippen MR) is 114 cm³/mol. The van der Waals surface area contributed by atoms with Gasteiger partial charge in [0.15, 0.2) is 0 Å². The number of rotatable bonds is 7. The van der Waals surface area contributed by atoms with E-state index < -0.39 is 60.9 Å². The molecule has 0 N–H and O–H groups in total. The van der Waals surface area contributed by atoms with Crippen LogP contribution >= 0.6 is 0 Å². The van der Waals surface area contributed by atoms with E-state index in [0.717, 1.165) is 4.57 Å². The molecule has 0 spiro atoms. The number of hydrogen-bond acceptors (Lipinski definition) is 7. The lowest BCUT2D eigenvalue weighted by Gasteiger charge is -2.32. The zero-order valence-electron chi connectivity index (χ0n) is 20.2. The first-order valence-corrected chi connectivity index (χ1v) is 10.5. The molecule has 0 bridgehead atoms. The van der Waals surface area contributed by atoms with Crippen LogP contribution in [0.15, 0.2) is 17.1 Å². The van der Waals surface area contributed by atoms with E-state index in [0.29, 0.717) is 5.46 Å². The molecule has 0 amide bonds. The maximum absolute atomic E-state index is 13.0. The minimum atomic E-state index is -4.87. The van der Waals surface area contributed by atoms with Crippen molar-refractivity contribution in [3.63, 3.8) is 0 Å². The zero-order valence-corrected chi connectivity index (χ0v) is 20.2. The van der Waals surface area contributed by atoms with Crippen LogP contribution in [-0.2, 0) is 23.6 Å². The molecule has 0 aliphatic carbocycles. The van der Waals surface area contributed by atoms with Gasteiger partial charge in [0.05, 0.1) is 24.9 Å². The van der Waals surface area contributed by atoms with Crippen LogP contribution in [0.1, 0.15) is 60.9 Å². The minimum absolute atomic E-state index is 0.165. The number of alkyl halides is 3. The fraction of sp³-hybridized carbons (Fsp3) is 0.714. The predicted octanol–water partition coefficient (Wildman–Crippen LogP) is 2.97. The maximum atomic E-state index is 13.0. The van der Waals surface area contributed by atoms with Crippen molar-refractivity contribution in [2.24, 2.45) is 0 Å². The molecular formula is C21H31BF3NO7. The van der Waals surface area contributed by atoms with Crippen molar-refractivity contribution in [1.29, 1.82) is 0 Å². The van der Waals surface area contributed by atoms with Crippen LogP contribution in [0.2, 0.25) is 0 Å². The van der Waals surface area contributed by atoms with Gasteiger partial charge in [-0.05, 0) is 48.5 Å². The topological polar surface area (TPSA) is 85.2 Å². The lowest BCUT2D eigenvalue weighted by Crippen LogP contribution is -2.41. The summed E-state index contributed by atoms with van der Waals surface area (Å²) < 4.78 is 64.9. The van der Waals surface area contributed by atoms with Gasteiger partial charge >= 0.3 is 19.5 Å². The van der Waals surface area contributed by atoms with Crippen molar-refractivity contribution < 1.29 is 41.5 Å². The second kappa shape index (κ2) is 9.30. The molecule has 0 saturated carbocycles. The number of ether oxygens (including phenoxy) is 3. The molecule has 2 heterocycles. The average Bonchev–Trinajstić information content (AvgIpc) is 2.84. The van der Waals surface area contributed by atoms with Crippen molar-refractivity contribution >= 4 is 18.6 Å². The van der Waals surface area contributed by atoms with Crippen molar-refractivity contribution in [3.05, 3.63) is 22.6 Å². The van der Waals surface area contributed by atoms with E-state index in [4.69, 9.17) is 18.8 Å². The van der Waals surface area contributed by atoms with Crippen LogP contribution in [-0.4, -0.2) is 54.5 Å². The Labute approximate surface area is 191 Å². The van der Waals surface area contributed by atoms with Crippen LogP contribution in [0, 0.1) is 0 Å². The van der Waals surface area contributed by atoms with Crippen LogP contribution in [0.3, 0.4) is 0 Å². The summed E-state index contributed by atoms with van der Waals surface area (Å²) in [5, 5.41) is 0. The third-order valence-electron chi connectivity index (χ3n) is 5.47. The highest BCUT2D eigenvalue weighted by Crippen LogP contribution is 2.37. The fourth-order valence-electron chi connectivity index (χ4n) is 3.14. The third-order valence-corrected chi connectivity index (χ3v) is 5.47. The molecule has 0 aromatic carbocycles. The second-order valence-corrected chi connectivity index (χ2v) is 9.76. The summed E-state index contributed by atoms with van der Waals surface area (Å²) in [5.41, 5.74) is -2.64. The molecule has 1 aliphatic heterocycles. The Morgan fingerprint density at radius 3 is 2.15 bits per heavy atom. The maximum Gasteiger partial charge on any atom is 0.522 e. The Balaban J connectivity index is 2.45. The molecule has 1 aromatic rings. The number of aromatic nitrogens is 1. The van der Waals surface area contributed by atoms with Crippen LogP contribution in [0.4, 0.5) is 13.2 Å². The van der Waals surface area contributed by atoms with E-state index in [-0.39, 0.29) is 5.75 Å². The summed E-state index contributed by atoms with van der Waals surface area (Å²) >= 11 is 0. The molecule has 12 heteroatoms. The van der Waals surface area contributed by atoms with Crippen LogP contribution in [0.25, 0.3) is 0 Å². The Kier molecular flexibility index (Phi) is 7.67. The summed E-state index contributed by atoms with van der Waals surface area (Å²) in [6.07, 6.45) is -4.08. The lowest BCUT2D eigenvalue weighted by atomic mass is 9.79. The zero-order chi connectivity index (χ0) is 25.4. The number of carbonyl (C=O) groups is 1. The van der Waals surface area contributed by atoms with Gasteiger partial charge in [0, 0.05) is 24.1 Å². The molecular weight excluding hydrogens is 446 g/mol. The third kappa shape index (κ3) is 6.74. The summed E-state index contributed by atoms with van der Waals surface area (Å²) in [4.78, 5) is 25.8. The van der Waals surface area contributed by atoms with Crippen LogP contribution < -0.4 is 15.8 Å². The number of halogens is 3. The Morgan fingerprint density at radius 1 is 1.15 bits per heavy atom. The first-order valence-electron chi connectivity index (χ1n) is 10.5. The molecule has 33 heavy (non-hydrogen) atoms. The largest absolute Gasteiger partial charge is 0.522 e. The normalized spacial score (nSPS) is 18.8. The molecule has 1 fully saturated rings. The molecule has 1 saturated heterocycles. The van der Waals surface area contributed by atoms with Crippen molar-refractivity contribution in [2.75, 3.05) is 13.7 Å². The average molecular weight is 477 g/mol. The van der Waals surface area contributed by atoms with Crippen molar-refractivity contribution in [2.45, 2.75) is 84.1 Å². The molecule has 0 radical (unpaired) electrons. The number of hydrogen-bond donors (Lipinski definition) is 0. The Hall–Kier alpha value is -2.05. The fourth-order valence-corrected chi connectivity index (χ4v) is 3.14. The van der Waals surface area contributed by atoms with Gasteiger partial charge in [0.25, 0.3) is 5.56 Å². The smallest absolute Gasteiger partial charge is 0.496 e. The standard InChI is InChI=1S/C21H31BF3NO7/c1-18(2,3)31-17(28)14(9-10-30-21(23,24)25)26-12-15(29-8)13(11-16(26)27)22-32-19(4,5)20(6,7)33-22/h11-12,14H,9-10H2,1-8H3. The first-order chi connectivity index (χ1) is 14.9. The molecule has 1 atom stereocenters. The number of carbonyl (C=O) groups excluding carboxylic acids is 1. The van der Waals surface area contributed by atoms with Crippen molar-refractivity contribution in [3.8, 4) is 5.75 Å². The molecule has 1 aliphatic rings. The molecule has 2 rings (SSSR count). The summed E-state index contributed by atoms with van der Waals surface area (Å²) in [6, 6.07) is -0.191. The van der Waals surface area contributed by atoms with E-state index in [1.165, 1.54) is 19.4 Å².